The molecule has 1 aromatic carbocycles. The van der Waals surface area contributed by atoms with Gasteiger partial charge in [-0.1, -0.05) is 6.07 Å². The minimum atomic E-state index is -2.82. The van der Waals surface area contributed by atoms with Gasteiger partial charge in [0.1, 0.15) is 0 Å². The average Bonchev–Trinajstić information content (AvgIpc) is 2.20. The van der Waals surface area contributed by atoms with Crippen molar-refractivity contribution in [3.8, 4) is 0 Å². The highest BCUT2D eigenvalue weighted by molar-refractivity contribution is 7.57. The zero-order valence-electron chi connectivity index (χ0n) is 9.55. The molecule has 5 nitrogen and oxygen atoms in total. The molecule has 0 fully saturated rings. The lowest BCUT2D eigenvalue weighted by atomic mass is 10.2. The third kappa shape index (κ3) is 3.91. The molecule has 0 aromatic heterocycles. The summed E-state index contributed by atoms with van der Waals surface area (Å²) in [6.45, 7) is 3.46. The highest BCUT2D eigenvalue weighted by atomic mass is 31.2. The molecule has 0 radical (unpaired) electrons. The number of nitro groups is 1. The molecule has 0 N–H and O–H groups in total. The third-order valence-electron chi connectivity index (χ3n) is 2.08. The van der Waals surface area contributed by atoms with Crippen molar-refractivity contribution in [2.24, 2.45) is 0 Å². The fraction of sp³-hybridized carbons (Fsp3) is 0.400. The van der Waals surface area contributed by atoms with E-state index in [4.69, 9.17) is 4.52 Å². The average molecular weight is 261 g/mol. The highest BCUT2D eigenvalue weighted by Crippen LogP contribution is 2.46. The Morgan fingerprint density at radius 3 is 2.71 bits per heavy atom. The summed E-state index contributed by atoms with van der Waals surface area (Å²) in [6, 6.07) is 3.46. The Hall–Kier alpha value is -1.26. The standard InChI is InChI=1S/C10H13FNO4P/c1-3-16-17(2,15)7-8-4-5-9(11)10(6-8)12(13)14/h4-6H,3,7H2,1-2H3. The Morgan fingerprint density at radius 1 is 1.53 bits per heavy atom. The summed E-state index contributed by atoms with van der Waals surface area (Å²) in [5, 5.41) is 10.5. The van der Waals surface area contributed by atoms with Crippen molar-refractivity contribution in [1.82, 2.24) is 0 Å². The van der Waals surface area contributed by atoms with E-state index in [1.807, 2.05) is 0 Å². The van der Waals surface area contributed by atoms with Crippen LogP contribution >= 0.6 is 7.37 Å². The van der Waals surface area contributed by atoms with E-state index in [2.05, 4.69) is 0 Å². The number of benzene rings is 1. The van der Waals surface area contributed by atoms with Crippen LogP contribution in [0.1, 0.15) is 12.5 Å². The maximum absolute atomic E-state index is 13.1. The highest BCUT2D eigenvalue weighted by Gasteiger charge is 2.20. The number of nitro benzene ring substituents is 1. The van der Waals surface area contributed by atoms with Crippen molar-refractivity contribution in [3.05, 3.63) is 39.7 Å². The monoisotopic (exact) mass is 261 g/mol. The first kappa shape index (κ1) is 13.8. The number of halogens is 1. The quantitative estimate of drug-likeness (QED) is 0.463. The number of rotatable bonds is 5. The van der Waals surface area contributed by atoms with Gasteiger partial charge in [0, 0.05) is 18.9 Å². The molecule has 0 aliphatic heterocycles. The molecule has 1 atom stereocenters. The minimum absolute atomic E-state index is 0.0575. The van der Waals surface area contributed by atoms with E-state index >= 15 is 0 Å². The summed E-state index contributed by atoms with van der Waals surface area (Å²) in [4.78, 5) is 9.73. The van der Waals surface area contributed by atoms with Crippen molar-refractivity contribution in [2.45, 2.75) is 13.1 Å². The minimum Gasteiger partial charge on any atom is -0.329 e. The van der Waals surface area contributed by atoms with Crippen molar-refractivity contribution < 1.29 is 18.4 Å². The summed E-state index contributed by atoms with van der Waals surface area (Å²) >= 11 is 0. The Kier molecular flexibility index (Phi) is 4.37. The summed E-state index contributed by atoms with van der Waals surface area (Å²) in [6.07, 6.45) is 0.0575. The SMILES string of the molecule is CCOP(C)(=O)Cc1ccc(F)c([N+](=O)[O-])c1. The molecule has 0 bridgehead atoms. The smallest absolute Gasteiger partial charge is 0.305 e. The van der Waals surface area contributed by atoms with E-state index in [0.29, 0.717) is 12.2 Å². The molecular formula is C10H13FNO4P. The summed E-state index contributed by atoms with van der Waals surface area (Å²) in [5.41, 5.74) is -0.184. The molecule has 0 spiro atoms. The molecule has 0 saturated heterocycles. The van der Waals surface area contributed by atoms with Gasteiger partial charge in [-0.25, -0.2) is 0 Å². The Labute approximate surface area is 98.2 Å². The zero-order chi connectivity index (χ0) is 13.1. The van der Waals surface area contributed by atoms with E-state index < -0.39 is 23.8 Å². The van der Waals surface area contributed by atoms with Crippen LogP contribution in [0.3, 0.4) is 0 Å². The molecule has 1 rings (SSSR count). The Morgan fingerprint density at radius 2 is 2.18 bits per heavy atom. The molecule has 0 aliphatic rings. The molecule has 0 amide bonds. The predicted octanol–water partition coefficient (Wildman–Crippen LogP) is 3.18. The lowest BCUT2D eigenvalue weighted by Crippen LogP contribution is -1.97. The number of nitrogens with zero attached hydrogens (tertiary/aromatic N) is 1. The van der Waals surface area contributed by atoms with Crippen LogP contribution in [0.2, 0.25) is 0 Å². The lowest BCUT2D eigenvalue weighted by molar-refractivity contribution is -0.387. The predicted molar refractivity (Wildman–Crippen MR) is 61.9 cm³/mol. The molecule has 1 unspecified atom stereocenters. The first-order valence-corrected chi connectivity index (χ1v) is 7.25. The van der Waals surface area contributed by atoms with Gasteiger partial charge in [0.05, 0.1) is 11.5 Å². The topological polar surface area (TPSA) is 69.4 Å². The van der Waals surface area contributed by atoms with Crippen molar-refractivity contribution in [2.75, 3.05) is 13.3 Å². The second-order valence-electron chi connectivity index (χ2n) is 3.63. The molecule has 17 heavy (non-hydrogen) atoms. The van der Waals surface area contributed by atoms with Gasteiger partial charge in [-0.05, 0) is 18.6 Å². The van der Waals surface area contributed by atoms with Crippen LogP contribution in [0.25, 0.3) is 0 Å². The van der Waals surface area contributed by atoms with Crippen LogP contribution in [0, 0.1) is 15.9 Å². The summed E-state index contributed by atoms with van der Waals surface area (Å²) in [7, 11) is -2.82. The van der Waals surface area contributed by atoms with Gasteiger partial charge >= 0.3 is 5.69 Å². The van der Waals surface area contributed by atoms with Gasteiger partial charge in [-0.2, -0.15) is 4.39 Å². The van der Waals surface area contributed by atoms with E-state index in [1.54, 1.807) is 6.92 Å². The zero-order valence-corrected chi connectivity index (χ0v) is 10.4. The largest absolute Gasteiger partial charge is 0.329 e. The number of hydrogen-bond acceptors (Lipinski definition) is 4. The van der Waals surface area contributed by atoms with E-state index in [0.717, 1.165) is 12.1 Å². The summed E-state index contributed by atoms with van der Waals surface area (Å²) < 4.78 is 30.0. The number of hydrogen-bond donors (Lipinski definition) is 0. The molecule has 94 valence electrons. The van der Waals surface area contributed by atoms with Crippen LogP contribution in [-0.4, -0.2) is 18.2 Å². The molecule has 1 aromatic rings. The van der Waals surface area contributed by atoms with E-state index in [-0.39, 0.29) is 6.16 Å². The van der Waals surface area contributed by atoms with Gasteiger partial charge in [0.2, 0.25) is 13.2 Å². The lowest BCUT2D eigenvalue weighted by Gasteiger charge is -2.12. The third-order valence-corrected chi connectivity index (χ3v) is 3.82. The second-order valence-corrected chi connectivity index (χ2v) is 6.24. The molecule has 0 aliphatic carbocycles. The molecule has 7 heteroatoms. The van der Waals surface area contributed by atoms with Crippen molar-refractivity contribution >= 4 is 13.1 Å². The molecule has 0 saturated carbocycles. The van der Waals surface area contributed by atoms with Gasteiger partial charge in [0.25, 0.3) is 0 Å². The molecule has 0 heterocycles. The maximum atomic E-state index is 13.1. The van der Waals surface area contributed by atoms with Crippen molar-refractivity contribution in [3.63, 3.8) is 0 Å². The second kappa shape index (κ2) is 5.38. The maximum Gasteiger partial charge on any atom is 0.305 e. The fourth-order valence-corrected chi connectivity index (χ4v) is 2.94. The van der Waals surface area contributed by atoms with Gasteiger partial charge in [-0.15, -0.1) is 0 Å². The first-order chi connectivity index (χ1) is 7.85. The summed E-state index contributed by atoms with van der Waals surface area (Å²) in [5.74, 6) is -0.902. The molecular weight excluding hydrogens is 248 g/mol. The normalized spacial score (nSPS) is 14.3. The van der Waals surface area contributed by atoms with Crippen molar-refractivity contribution in [1.29, 1.82) is 0 Å². The Bertz CT molecular complexity index is 477. The van der Waals surface area contributed by atoms with Crippen LogP contribution in [0.15, 0.2) is 18.2 Å². The van der Waals surface area contributed by atoms with Crippen LogP contribution in [0.5, 0.6) is 0 Å². The van der Waals surface area contributed by atoms with Crippen LogP contribution < -0.4 is 0 Å². The van der Waals surface area contributed by atoms with Gasteiger partial charge in [0.15, 0.2) is 0 Å². The van der Waals surface area contributed by atoms with E-state index in [9.17, 15) is 19.1 Å². The Balaban J connectivity index is 2.97. The van der Waals surface area contributed by atoms with Gasteiger partial charge < -0.3 is 4.52 Å². The van der Waals surface area contributed by atoms with E-state index in [1.165, 1.54) is 12.7 Å². The van der Waals surface area contributed by atoms with Crippen LogP contribution in [-0.2, 0) is 15.3 Å². The first-order valence-electron chi connectivity index (χ1n) is 4.99. The fourth-order valence-electron chi connectivity index (χ4n) is 1.45. The van der Waals surface area contributed by atoms with Gasteiger partial charge in [-0.3, -0.25) is 14.7 Å². The van der Waals surface area contributed by atoms with Crippen LogP contribution in [0.4, 0.5) is 10.1 Å².